The van der Waals surface area contributed by atoms with Gasteiger partial charge in [-0.05, 0) is 74.9 Å². The second-order valence-corrected chi connectivity index (χ2v) is 14.8. The monoisotopic (exact) mass is 611 g/mol. The SMILES string of the molecule is COc1ccc2nc(NC(=O)C(CC3CCCC3)c3ccc(S(=O)(=O)N4CCC(N5CCCCC5)CC4)cc3)sc2n1. The van der Waals surface area contributed by atoms with Gasteiger partial charge >= 0.3 is 0 Å². The lowest BCUT2D eigenvalue weighted by Gasteiger charge is -2.39. The Kier molecular flexibility index (Phi) is 9.09. The fourth-order valence-electron chi connectivity index (χ4n) is 6.89. The predicted octanol–water partition coefficient (Wildman–Crippen LogP) is 5.64. The minimum absolute atomic E-state index is 0.122. The van der Waals surface area contributed by atoms with Crippen LogP contribution in [0.2, 0.25) is 0 Å². The summed E-state index contributed by atoms with van der Waals surface area (Å²) in [5.41, 5.74) is 1.54. The van der Waals surface area contributed by atoms with Crippen molar-refractivity contribution >= 4 is 42.7 Å². The molecule has 1 atom stereocenters. The van der Waals surface area contributed by atoms with Crippen LogP contribution in [0.15, 0.2) is 41.3 Å². The van der Waals surface area contributed by atoms with Gasteiger partial charge in [0.25, 0.3) is 0 Å². The van der Waals surface area contributed by atoms with Crippen molar-refractivity contribution in [3.05, 3.63) is 42.0 Å². The van der Waals surface area contributed by atoms with Crippen molar-refractivity contribution in [1.82, 2.24) is 19.2 Å². The first-order valence-corrected chi connectivity index (χ1v) is 17.6. The standard InChI is InChI=1S/C31H41N5O4S2/c1-40-28-14-13-27-30(33-28)41-31(32-27)34-29(37)26(21-22-7-3-4-8-22)23-9-11-25(12-10-23)42(38,39)36-19-15-24(16-20-36)35-17-5-2-6-18-35/h9-14,22,24,26H,2-8,15-21H2,1H3,(H,32,34,37). The molecule has 1 unspecified atom stereocenters. The third-order valence-electron chi connectivity index (χ3n) is 9.28. The minimum Gasteiger partial charge on any atom is -0.481 e. The highest BCUT2D eigenvalue weighted by Gasteiger charge is 2.33. The number of carbonyl (C=O) groups is 1. The number of carbonyl (C=O) groups excluding carboxylic acids is 1. The number of pyridine rings is 1. The van der Waals surface area contributed by atoms with Crippen molar-refractivity contribution in [2.24, 2.45) is 5.92 Å². The molecule has 1 N–H and O–H groups in total. The smallest absolute Gasteiger partial charge is 0.243 e. The van der Waals surface area contributed by atoms with E-state index in [0.717, 1.165) is 50.8 Å². The molecule has 3 aliphatic rings. The zero-order valence-electron chi connectivity index (χ0n) is 24.3. The molecule has 0 bridgehead atoms. The lowest BCUT2D eigenvalue weighted by atomic mass is 9.87. The van der Waals surface area contributed by atoms with Crippen LogP contribution in [0.5, 0.6) is 5.88 Å². The van der Waals surface area contributed by atoms with Gasteiger partial charge in [0.1, 0.15) is 10.3 Å². The summed E-state index contributed by atoms with van der Waals surface area (Å²) < 4.78 is 34.0. The maximum atomic E-state index is 13.7. The highest BCUT2D eigenvalue weighted by atomic mass is 32.2. The zero-order chi connectivity index (χ0) is 29.1. The van der Waals surface area contributed by atoms with E-state index in [1.165, 1.54) is 43.4 Å². The Morgan fingerprint density at radius 3 is 2.36 bits per heavy atom. The Bertz CT molecular complexity index is 1470. The molecule has 2 saturated heterocycles. The van der Waals surface area contributed by atoms with Gasteiger partial charge in [0.15, 0.2) is 5.13 Å². The van der Waals surface area contributed by atoms with E-state index in [1.54, 1.807) is 29.6 Å². The van der Waals surface area contributed by atoms with E-state index in [2.05, 4.69) is 20.2 Å². The van der Waals surface area contributed by atoms with E-state index in [-0.39, 0.29) is 11.8 Å². The number of amides is 1. The summed E-state index contributed by atoms with van der Waals surface area (Å²) in [4.78, 5) is 26.2. The van der Waals surface area contributed by atoms with E-state index in [0.29, 0.717) is 51.3 Å². The Labute approximate surface area is 252 Å². The van der Waals surface area contributed by atoms with Gasteiger partial charge in [-0.3, -0.25) is 4.79 Å². The number of rotatable bonds is 9. The first-order valence-electron chi connectivity index (χ1n) is 15.4. The average molecular weight is 612 g/mol. The van der Waals surface area contributed by atoms with E-state index in [4.69, 9.17) is 4.74 Å². The summed E-state index contributed by atoms with van der Waals surface area (Å²) in [6, 6.07) is 11.1. The largest absolute Gasteiger partial charge is 0.481 e. The van der Waals surface area contributed by atoms with Gasteiger partial charge in [-0.2, -0.15) is 4.31 Å². The van der Waals surface area contributed by atoms with Crippen molar-refractivity contribution in [3.63, 3.8) is 0 Å². The lowest BCUT2D eigenvalue weighted by molar-refractivity contribution is -0.118. The summed E-state index contributed by atoms with van der Waals surface area (Å²) in [7, 11) is -2.01. The number of anilines is 1. The van der Waals surface area contributed by atoms with Crippen LogP contribution in [0.4, 0.5) is 5.13 Å². The third-order valence-corrected chi connectivity index (χ3v) is 12.1. The molecule has 1 aliphatic carbocycles. The van der Waals surface area contributed by atoms with Crippen LogP contribution < -0.4 is 10.1 Å². The Morgan fingerprint density at radius 2 is 1.67 bits per heavy atom. The number of aromatic nitrogens is 2. The van der Waals surface area contributed by atoms with Crippen molar-refractivity contribution in [2.45, 2.75) is 81.1 Å². The summed E-state index contributed by atoms with van der Waals surface area (Å²) in [5.74, 6) is 0.471. The fraction of sp³-hybridized carbons (Fsp3) is 0.581. The maximum absolute atomic E-state index is 13.7. The lowest BCUT2D eigenvalue weighted by Crippen LogP contribution is -2.48. The van der Waals surface area contributed by atoms with Gasteiger partial charge in [0.2, 0.25) is 21.8 Å². The molecule has 1 amide bonds. The number of nitrogens with zero attached hydrogens (tertiary/aromatic N) is 4. The number of nitrogens with one attached hydrogen (secondary N) is 1. The third kappa shape index (κ3) is 6.49. The second kappa shape index (κ2) is 13.0. The first kappa shape index (κ1) is 29.5. The van der Waals surface area contributed by atoms with Crippen LogP contribution in [-0.2, 0) is 14.8 Å². The fourth-order valence-corrected chi connectivity index (χ4v) is 9.19. The summed E-state index contributed by atoms with van der Waals surface area (Å²) in [6.45, 7) is 3.39. The topological polar surface area (TPSA) is 105 Å². The number of sulfonamides is 1. The number of thiazole rings is 1. The molecule has 4 heterocycles. The van der Waals surface area contributed by atoms with E-state index >= 15 is 0 Å². The molecule has 3 fully saturated rings. The molecule has 6 rings (SSSR count). The van der Waals surface area contributed by atoms with Gasteiger partial charge < -0.3 is 15.0 Å². The van der Waals surface area contributed by atoms with E-state index < -0.39 is 10.0 Å². The van der Waals surface area contributed by atoms with Crippen LogP contribution in [-0.4, -0.2) is 72.8 Å². The van der Waals surface area contributed by atoms with Gasteiger partial charge in [-0.25, -0.2) is 18.4 Å². The maximum Gasteiger partial charge on any atom is 0.243 e. The number of hydrogen-bond donors (Lipinski definition) is 1. The van der Waals surface area contributed by atoms with E-state index in [1.807, 2.05) is 18.2 Å². The van der Waals surface area contributed by atoms with Crippen LogP contribution in [0.3, 0.4) is 0 Å². The highest BCUT2D eigenvalue weighted by Crippen LogP contribution is 2.36. The molecular weight excluding hydrogens is 571 g/mol. The molecule has 1 aromatic carbocycles. The van der Waals surface area contributed by atoms with Crippen LogP contribution in [0, 0.1) is 5.92 Å². The Balaban J connectivity index is 1.16. The minimum atomic E-state index is -3.58. The molecule has 1 saturated carbocycles. The van der Waals surface area contributed by atoms with Gasteiger partial charge in [-0.15, -0.1) is 0 Å². The van der Waals surface area contributed by atoms with Crippen molar-refractivity contribution < 1.29 is 17.9 Å². The van der Waals surface area contributed by atoms with Crippen molar-refractivity contribution in [3.8, 4) is 5.88 Å². The van der Waals surface area contributed by atoms with E-state index in [9.17, 15) is 13.2 Å². The molecule has 226 valence electrons. The number of likely N-dealkylation sites (tertiary alicyclic amines) is 1. The quantitative estimate of drug-likeness (QED) is 0.334. The van der Waals surface area contributed by atoms with Gasteiger partial charge in [0, 0.05) is 25.2 Å². The Morgan fingerprint density at radius 1 is 0.952 bits per heavy atom. The second-order valence-electron chi connectivity index (χ2n) is 11.9. The molecule has 3 aromatic rings. The number of benzene rings is 1. The molecule has 42 heavy (non-hydrogen) atoms. The molecule has 2 aliphatic heterocycles. The summed E-state index contributed by atoms with van der Waals surface area (Å²) in [5, 5.41) is 3.53. The number of piperidine rings is 2. The predicted molar refractivity (Wildman–Crippen MR) is 166 cm³/mol. The molecular formula is C31H41N5O4S2. The Hall–Kier alpha value is -2.60. The number of methoxy groups -OCH3 is 1. The molecule has 2 aromatic heterocycles. The number of ether oxygens (including phenoxy) is 1. The van der Waals surface area contributed by atoms with Crippen molar-refractivity contribution in [2.75, 3.05) is 38.6 Å². The molecule has 9 nitrogen and oxygen atoms in total. The normalized spacial score (nSPS) is 20.6. The summed E-state index contributed by atoms with van der Waals surface area (Å²) in [6.07, 6.45) is 10.9. The van der Waals surface area contributed by atoms with Crippen molar-refractivity contribution in [1.29, 1.82) is 0 Å². The van der Waals surface area contributed by atoms with Gasteiger partial charge in [0.05, 0.1) is 17.9 Å². The molecule has 0 radical (unpaired) electrons. The molecule has 0 spiro atoms. The highest BCUT2D eigenvalue weighted by molar-refractivity contribution is 7.89. The molecule has 11 heteroatoms. The number of fused-ring (bicyclic) bond motifs is 1. The average Bonchev–Trinajstić information content (AvgIpc) is 3.69. The summed E-state index contributed by atoms with van der Waals surface area (Å²) >= 11 is 1.32. The van der Waals surface area contributed by atoms with Crippen LogP contribution in [0.1, 0.15) is 75.7 Å². The number of hydrogen-bond acceptors (Lipinski definition) is 8. The van der Waals surface area contributed by atoms with Crippen LogP contribution >= 0.6 is 11.3 Å². The van der Waals surface area contributed by atoms with Crippen LogP contribution in [0.25, 0.3) is 10.3 Å². The zero-order valence-corrected chi connectivity index (χ0v) is 26.0. The van der Waals surface area contributed by atoms with Gasteiger partial charge in [-0.1, -0.05) is 55.6 Å². The first-order chi connectivity index (χ1) is 20.4.